The Morgan fingerprint density at radius 3 is 2.79 bits per heavy atom. The van der Waals surface area contributed by atoms with Crippen molar-refractivity contribution >= 4 is 27.5 Å². The zero-order valence-corrected chi connectivity index (χ0v) is 19.9. The molecule has 1 fully saturated rings. The van der Waals surface area contributed by atoms with Crippen molar-refractivity contribution in [3.8, 4) is 5.75 Å². The molecule has 9 heteroatoms. The fourth-order valence-electron chi connectivity index (χ4n) is 4.29. The Labute approximate surface area is 194 Å². The summed E-state index contributed by atoms with van der Waals surface area (Å²) in [5, 5.41) is 5.68. The van der Waals surface area contributed by atoms with Crippen LogP contribution in [0.5, 0.6) is 5.75 Å². The van der Waals surface area contributed by atoms with Gasteiger partial charge in [-0.1, -0.05) is 29.8 Å². The van der Waals surface area contributed by atoms with Crippen LogP contribution in [0, 0.1) is 19.8 Å². The molecule has 2 aliphatic rings. The molecule has 2 aromatic rings. The number of aryl methyl sites for hydroxylation is 2. The topological polar surface area (TPSA) is 105 Å². The summed E-state index contributed by atoms with van der Waals surface area (Å²) in [6, 6.07) is 11.0. The Morgan fingerprint density at radius 2 is 2.03 bits per heavy atom. The number of nitrogens with one attached hydrogen (secondary N) is 2. The minimum absolute atomic E-state index is 0.130. The van der Waals surface area contributed by atoms with Crippen molar-refractivity contribution in [2.45, 2.75) is 51.2 Å². The molecule has 8 nitrogen and oxygen atoms in total. The standard InChI is InChI=1S/C24H29N3O5S/c1-15-6-4-7-18(10-15)13-25-24(29)19-8-5-9-27(14-19)33(30,31)22-12-21-20(11-16(22)2)26-23(28)17(3)32-21/h4,6-7,10-12,17,19H,5,8-9,13-14H2,1-3H3,(H,25,29)(H,26,28)/t17-,19+/m0/s1. The molecule has 2 aromatic carbocycles. The van der Waals surface area contributed by atoms with Gasteiger partial charge in [0.25, 0.3) is 5.91 Å². The lowest BCUT2D eigenvalue weighted by Crippen LogP contribution is -2.45. The van der Waals surface area contributed by atoms with Gasteiger partial charge in [0.05, 0.1) is 16.5 Å². The van der Waals surface area contributed by atoms with Crippen molar-refractivity contribution in [2.75, 3.05) is 18.4 Å². The van der Waals surface area contributed by atoms with Gasteiger partial charge in [-0.15, -0.1) is 0 Å². The predicted molar refractivity (Wildman–Crippen MR) is 124 cm³/mol. The van der Waals surface area contributed by atoms with E-state index in [1.807, 2.05) is 31.2 Å². The molecular weight excluding hydrogens is 442 g/mol. The summed E-state index contributed by atoms with van der Waals surface area (Å²) in [7, 11) is -3.84. The lowest BCUT2D eigenvalue weighted by atomic mass is 9.98. The summed E-state index contributed by atoms with van der Waals surface area (Å²) in [5.74, 6) is -0.492. The van der Waals surface area contributed by atoms with Crippen LogP contribution in [-0.4, -0.2) is 43.7 Å². The molecule has 4 rings (SSSR count). The zero-order chi connectivity index (χ0) is 23.8. The molecule has 2 heterocycles. The molecule has 1 saturated heterocycles. The van der Waals surface area contributed by atoms with E-state index < -0.39 is 22.0 Å². The van der Waals surface area contributed by atoms with Crippen LogP contribution in [0.15, 0.2) is 41.3 Å². The van der Waals surface area contributed by atoms with Crippen molar-refractivity contribution in [2.24, 2.45) is 5.92 Å². The second-order valence-corrected chi connectivity index (χ2v) is 10.7. The molecule has 0 bridgehead atoms. The van der Waals surface area contributed by atoms with Crippen molar-refractivity contribution in [3.63, 3.8) is 0 Å². The Kier molecular flexibility index (Phi) is 6.45. The first kappa shape index (κ1) is 23.3. The number of hydrogen-bond acceptors (Lipinski definition) is 5. The third-order valence-corrected chi connectivity index (χ3v) is 8.14. The number of hydrogen-bond donors (Lipinski definition) is 2. The van der Waals surface area contributed by atoms with E-state index in [2.05, 4.69) is 10.6 Å². The second kappa shape index (κ2) is 9.15. The number of carbonyl (C=O) groups is 2. The SMILES string of the molecule is Cc1cccc(CNC(=O)[C@@H]2CCCN(S(=O)(=O)c3cc4c(cc3C)NC(=O)[C@H](C)O4)C2)c1. The highest BCUT2D eigenvalue weighted by atomic mass is 32.2. The molecule has 0 radical (unpaired) electrons. The highest BCUT2D eigenvalue weighted by molar-refractivity contribution is 7.89. The van der Waals surface area contributed by atoms with Gasteiger partial charge < -0.3 is 15.4 Å². The molecule has 0 aliphatic carbocycles. The van der Waals surface area contributed by atoms with Crippen molar-refractivity contribution < 1.29 is 22.7 Å². The van der Waals surface area contributed by atoms with Crippen LogP contribution in [0.3, 0.4) is 0 Å². The number of ether oxygens (including phenoxy) is 1. The molecule has 0 unspecified atom stereocenters. The van der Waals surface area contributed by atoms with E-state index in [0.717, 1.165) is 11.1 Å². The smallest absolute Gasteiger partial charge is 0.265 e. The lowest BCUT2D eigenvalue weighted by Gasteiger charge is -2.32. The minimum Gasteiger partial charge on any atom is -0.479 e. The Morgan fingerprint density at radius 1 is 1.24 bits per heavy atom. The van der Waals surface area contributed by atoms with E-state index in [1.165, 1.54) is 10.4 Å². The van der Waals surface area contributed by atoms with Gasteiger partial charge in [-0.25, -0.2) is 8.42 Å². The third kappa shape index (κ3) is 4.89. The van der Waals surface area contributed by atoms with Crippen LogP contribution in [0.2, 0.25) is 0 Å². The zero-order valence-electron chi connectivity index (χ0n) is 19.1. The van der Waals surface area contributed by atoms with Crippen LogP contribution in [0.1, 0.15) is 36.5 Å². The van der Waals surface area contributed by atoms with Gasteiger partial charge in [-0.2, -0.15) is 4.31 Å². The Hall–Kier alpha value is -2.91. The van der Waals surface area contributed by atoms with Crippen molar-refractivity contribution in [1.82, 2.24) is 9.62 Å². The largest absolute Gasteiger partial charge is 0.479 e. The van der Waals surface area contributed by atoms with Crippen LogP contribution in [-0.2, 0) is 26.2 Å². The van der Waals surface area contributed by atoms with Crippen molar-refractivity contribution in [1.29, 1.82) is 0 Å². The average molecular weight is 472 g/mol. The highest BCUT2D eigenvalue weighted by Crippen LogP contribution is 2.36. The maximum atomic E-state index is 13.5. The first-order valence-electron chi connectivity index (χ1n) is 11.1. The van der Waals surface area contributed by atoms with Crippen LogP contribution in [0.4, 0.5) is 5.69 Å². The number of fused-ring (bicyclic) bond motifs is 1. The van der Waals surface area contributed by atoms with Gasteiger partial charge in [-0.3, -0.25) is 9.59 Å². The molecule has 2 N–H and O–H groups in total. The summed E-state index contributed by atoms with van der Waals surface area (Å²) < 4.78 is 33.9. The van der Waals surface area contributed by atoms with Gasteiger partial charge >= 0.3 is 0 Å². The molecular formula is C24H29N3O5S. The lowest BCUT2D eigenvalue weighted by molar-refractivity contribution is -0.126. The maximum Gasteiger partial charge on any atom is 0.265 e. The third-order valence-electron chi connectivity index (χ3n) is 6.13. The molecule has 2 aliphatic heterocycles. The fraction of sp³-hybridized carbons (Fsp3) is 0.417. The maximum absolute atomic E-state index is 13.5. The van der Waals surface area contributed by atoms with E-state index in [0.29, 0.717) is 42.9 Å². The number of nitrogens with zero attached hydrogens (tertiary/aromatic N) is 1. The number of sulfonamides is 1. The van der Waals surface area contributed by atoms with E-state index in [-0.39, 0.29) is 23.3 Å². The highest BCUT2D eigenvalue weighted by Gasteiger charge is 2.35. The van der Waals surface area contributed by atoms with E-state index >= 15 is 0 Å². The van der Waals surface area contributed by atoms with Crippen LogP contribution >= 0.6 is 0 Å². The number of benzene rings is 2. The number of rotatable bonds is 5. The van der Waals surface area contributed by atoms with Crippen LogP contribution in [0.25, 0.3) is 0 Å². The fourth-order valence-corrected chi connectivity index (χ4v) is 6.04. The Balaban J connectivity index is 1.49. The quantitative estimate of drug-likeness (QED) is 0.698. The summed E-state index contributed by atoms with van der Waals surface area (Å²) in [6.45, 7) is 6.19. The molecule has 0 spiro atoms. The Bertz CT molecular complexity index is 1190. The molecule has 0 saturated carbocycles. The average Bonchev–Trinajstić information content (AvgIpc) is 2.78. The normalized spacial score (nSPS) is 21.0. The van der Waals surface area contributed by atoms with Crippen LogP contribution < -0.4 is 15.4 Å². The summed E-state index contributed by atoms with van der Waals surface area (Å²) in [5.41, 5.74) is 3.10. The van der Waals surface area contributed by atoms with E-state index in [4.69, 9.17) is 4.74 Å². The first-order chi connectivity index (χ1) is 15.6. The molecule has 33 heavy (non-hydrogen) atoms. The van der Waals surface area contributed by atoms with E-state index in [1.54, 1.807) is 19.9 Å². The van der Waals surface area contributed by atoms with Gasteiger partial charge in [0.1, 0.15) is 5.75 Å². The van der Waals surface area contributed by atoms with E-state index in [9.17, 15) is 18.0 Å². The second-order valence-electron chi connectivity index (χ2n) is 8.77. The summed E-state index contributed by atoms with van der Waals surface area (Å²) >= 11 is 0. The van der Waals surface area contributed by atoms with Gasteiger partial charge in [0.2, 0.25) is 15.9 Å². The first-order valence-corrected chi connectivity index (χ1v) is 12.5. The number of amides is 2. The number of piperidine rings is 1. The molecule has 2 atom stereocenters. The van der Waals surface area contributed by atoms with Gasteiger partial charge in [0.15, 0.2) is 6.10 Å². The molecule has 176 valence electrons. The molecule has 0 aromatic heterocycles. The summed E-state index contributed by atoms with van der Waals surface area (Å²) in [4.78, 5) is 24.8. The minimum atomic E-state index is -3.84. The number of anilines is 1. The van der Waals surface area contributed by atoms with Crippen molar-refractivity contribution in [3.05, 3.63) is 53.1 Å². The monoisotopic (exact) mass is 471 g/mol. The van der Waals surface area contributed by atoms with Gasteiger partial charge in [0, 0.05) is 25.7 Å². The summed E-state index contributed by atoms with van der Waals surface area (Å²) in [6.07, 6.45) is 0.545. The number of carbonyl (C=O) groups excluding carboxylic acids is 2. The predicted octanol–water partition coefficient (Wildman–Crippen LogP) is 2.74. The van der Waals surface area contributed by atoms with Gasteiger partial charge in [-0.05, 0) is 50.8 Å². The molecule has 2 amide bonds.